The molecule has 2 amide bonds. The number of hydrogen-bond donors (Lipinski definition) is 0. The zero-order valence-corrected chi connectivity index (χ0v) is 17.2. The number of rotatable bonds is 4. The highest BCUT2D eigenvalue weighted by Crippen LogP contribution is 2.40. The van der Waals surface area contributed by atoms with Crippen LogP contribution >= 0.6 is 0 Å². The predicted octanol–water partition coefficient (Wildman–Crippen LogP) is 4.54. The number of nitrogens with zero attached hydrogens (tertiary/aromatic N) is 4. The van der Waals surface area contributed by atoms with Gasteiger partial charge in [0.2, 0.25) is 5.91 Å². The van der Waals surface area contributed by atoms with E-state index in [-0.39, 0.29) is 18.5 Å². The van der Waals surface area contributed by atoms with Crippen molar-refractivity contribution in [1.82, 2.24) is 9.78 Å². The quantitative estimate of drug-likeness (QED) is 0.706. The van der Waals surface area contributed by atoms with E-state index >= 15 is 0 Å². The lowest BCUT2D eigenvalue weighted by molar-refractivity contribution is -0.141. The van der Waals surface area contributed by atoms with E-state index in [1.54, 1.807) is 30.2 Å². The van der Waals surface area contributed by atoms with E-state index in [0.29, 0.717) is 17.4 Å². The molecule has 2 aliphatic rings. The van der Waals surface area contributed by atoms with Crippen molar-refractivity contribution in [2.75, 3.05) is 23.0 Å². The molecule has 1 aliphatic heterocycles. The molecule has 2 aromatic rings. The van der Waals surface area contributed by atoms with E-state index in [1.807, 2.05) is 16.9 Å². The van der Waals surface area contributed by atoms with Gasteiger partial charge in [-0.2, -0.15) is 18.3 Å². The van der Waals surface area contributed by atoms with E-state index in [0.717, 1.165) is 24.0 Å². The van der Waals surface area contributed by atoms with Gasteiger partial charge in [-0.15, -0.1) is 0 Å². The van der Waals surface area contributed by atoms with E-state index in [2.05, 4.69) is 5.10 Å². The lowest BCUT2D eigenvalue weighted by atomic mass is 10.0. The topological polar surface area (TPSA) is 67.7 Å². The number of aromatic nitrogens is 2. The van der Waals surface area contributed by atoms with Crippen LogP contribution < -0.4 is 9.80 Å². The zero-order chi connectivity index (χ0) is 22.3. The maximum absolute atomic E-state index is 12.6. The van der Waals surface area contributed by atoms with Crippen molar-refractivity contribution in [3.63, 3.8) is 0 Å². The molecule has 0 N–H and O–H groups in total. The van der Waals surface area contributed by atoms with Crippen LogP contribution in [0.5, 0.6) is 0 Å². The third kappa shape index (κ3) is 4.52. The summed E-state index contributed by atoms with van der Waals surface area (Å²) in [5.74, 6) is -0.187. The first kappa shape index (κ1) is 21.2. The number of hydrogen-bond acceptors (Lipinski definition) is 4. The molecule has 1 aromatic heterocycles. The van der Waals surface area contributed by atoms with Gasteiger partial charge in [0.25, 0.3) is 0 Å². The van der Waals surface area contributed by atoms with Crippen molar-refractivity contribution in [2.24, 2.45) is 0 Å². The molecule has 1 saturated carbocycles. The summed E-state index contributed by atoms with van der Waals surface area (Å²) in [7, 11) is 0. The van der Waals surface area contributed by atoms with Crippen LogP contribution in [0.1, 0.15) is 39.2 Å². The molecular formula is C21H23F3N4O3. The highest BCUT2D eigenvalue weighted by molar-refractivity contribution is 6.03. The average Bonchev–Trinajstić information content (AvgIpc) is 3.42. The van der Waals surface area contributed by atoms with E-state index in [9.17, 15) is 22.8 Å². The molecule has 7 nitrogen and oxygen atoms in total. The van der Waals surface area contributed by atoms with Gasteiger partial charge in [0.15, 0.2) is 0 Å². The van der Waals surface area contributed by atoms with Crippen LogP contribution in [-0.4, -0.2) is 47.2 Å². The molecule has 0 saturated heterocycles. The summed E-state index contributed by atoms with van der Waals surface area (Å²) in [5, 5.41) is 4.38. The molecule has 10 heteroatoms. The van der Waals surface area contributed by atoms with Crippen LogP contribution in [0.4, 0.5) is 29.3 Å². The molecule has 0 spiro atoms. The van der Waals surface area contributed by atoms with E-state index in [1.165, 1.54) is 11.8 Å². The SMILES string of the molecule is CC(=O)N1c2ccc(-c3cnn(C4CC4)c3)cc2N(C(=O)OCCC(F)(F)F)CC1C. The van der Waals surface area contributed by atoms with Crippen molar-refractivity contribution in [3.05, 3.63) is 30.6 Å². The Balaban J connectivity index is 1.65. The molecule has 1 aliphatic carbocycles. The first-order chi connectivity index (χ1) is 14.6. The second-order valence-corrected chi connectivity index (χ2v) is 7.97. The van der Waals surface area contributed by atoms with Crippen molar-refractivity contribution < 1.29 is 27.5 Å². The highest BCUT2D eigenvalue weighted by atomic mass is 19.4. The zero-order valence-electron chi connectivity index (χ0n) is 17.2. The number of benzene rings is 1. The highest BCUT2D eigenvalue weighted by Gasteiger charge is 2.35. The third-order valence-corrected chi connectivity index (χ3v) is 5.44. The van der Waals surface area contributed by atoms with E-state index in [4.69, 9.17) is 4.74 Å². The van der Waals surface area contributed by atoms with Gasteiger partial charge in [-0.3, -0.25) is 14.4 Å². The summed E-state index contributed by atoms with van der Waals surface area (Å²) in [4.78, 5) is 27.7. The minimum Gasteiger partial charge on any atom is -0.449 e. The molecule has 2 heterocycles. The third-order valence-electron chi connectivity index (χ3n) is 5.44. The summed E-state index contributed by atoms with van der Waals surface area (Å²) < 4.78 is 44.1. The number of halogens is 3. The van der Waals surface area contributed by atoms with Crippen molar-refractivity contribution in [1.29, 1.82) is 0 Å². The van der Waals surface area contributed by atoms with Gasteiger partial charge in [0, 0.05) is 25.2 Å². The van der Waals surface area contributed by atoms with Gasteiger partial charge in [0.1, 0.15) is 6.61 Å². The molecule has 1 aromatic carbocycles. The molecule has 0 radical (unpaired) electrons. The molecule has 0 bridgehead atoms. The fourth-order valence-electron chi connectivity index (χ4n) is 3.82. The van der Waals surface area contributed by atoms with Crippen molar-refractivity contribution in [3.8, 4) is 11.1 Å². The first-order valence-electron chi connectivity index (χ1n) is 10.1. The van der Waals surface area contributed by atoms with Gasteiger partial charge >= 0.3 is 12.3 Å². The Morgan fingerprint density at radius 1 is 1.19 bits per heavy atom. The lowest BCUT2D eigenvalue weighted by Gasteiger charge is -2.40. The number of fused-ring (bicyclic) bond motifs is 1. The Kier molecular flexibility index (Phi) is 5.40. The fourth-order valence-corrected chi connectivity index (χ4v) is 3.82. The summed E-state index contributed by atoms with van der Waals surface area (Å²) in [6, 6.07) is 5.39. The average molecular weight is 436 g/mol. The van der Waals surface area contributed by atoms with Gasteiger partial charge < -0.3 is 9.64 Å². The molecule has 1 atom stereocenters. The summed E-state index contributed by atoms with van der Waals surface area (Å²) in [5.41, 5.74) is 2.57. The normalized spacial score (nSPS) is 18.7. The summed E-state index contributed by atoms with van der Waals surface area (Å²) in [6.45, 7) is 2.56. The summed E-state index contributed by atoms with van der Waals surface area (Å²) in [6.07, 6.45) is -0.642. The minimum absolute atomic E-state index is 0.113. The van der Waals surface area contributed by atoms with Crippen LogP contribution in [0.2, 0.25) is 0 Å². The fraction of sp³-hybridized carbons (Fsp3) is 0.476. The van der Waals surface area contributed by atoms with Crippen LogP contribution in [0.15, 0.2) is 30.6 Å². The number of anilines is 2. The number of ether oxygens (including phenoxy) is 1. The van der Waals surface area contributed by atoms with Crippen LogP contribution in [0, 0.1) is 0 Å². The Hall–Kier alpha value is -3.04. The Morgan fingerprint density at radius 3 is 2.58 bits per heavy atom. The number of carbonyl (C=O) groups excluding carboxylic acids is 2. The van der Waals surface area contributed by atoms with Crippen LogP contribution in [0.25, 0.3) is 11.1 Å². The van der Waals surface area contributed by atoms with Crippen molar-refractivity contribution in [2.45, 2.75) is 51.4 Å². The lowest BCUT2D eigenvalue weighted by Crippen LogP contribution is -2.51. The predicted molar refractivity (Wildman–Crippen MR) is 108 cm³/mol. The molecule has 4 rings (SSSR count). The van der Waals surface area contributed by atoms with Gasteiger partial charge in [-0.25, -0.2) is 4.79 Å². The minimum atomic E-state index is -4.41. The maximum Gasteiger partial charge on any atom is 0.414 e. The first-order valence-corrected chi connectivity index (χ1v) is 10.1. The second kappa shape index (κ2) is 7.90. The number of carbonyl (C=O) groups is 2. The number of amides is 2. The Labute approximate surface area is 177 Å². The standard InChI is InChI=1S/C21H23F3N4O3/c1-13-11-26(20(30)31-8-7-21(22,23)24)19-9-15(3-6-18(19)28(13)14(2)29)16-10-25-27(12-16)17-4-5-17/h3,6,9-10,12-13,17H,4-5,7-8,11H2,1-2H3. The molecule has 1 unspecified atom stereocenters. The van der Waals surface area contributed by atoms with Gasteiger partial charge in [0.05, 0.1) is 36.1 Å². The smallest absolute Gasteiger partial charge is 0.414 e. The van der Waals surface area contributed by atoms with Crippen molar-refractivity contribution >= 4 is 23.4 Å². The van der Waals surface area contributed by atoms with Gasteiger partial charge in [-0.1, -0.05) is 6.07 Å². The van der Waals surface area contributed by atoms with E-state index < -0.39 is 25.3 Å². The maximum atomic E-state index is 12.6. The largest absolute Gasteiger partial charge is 0.449 e. The monoisotopic (exact) mass is 436 g/mol. The second-order valence-electron chi connectivity index (χ2n) is 7.97. The molecular weight excluding hydrogens is 413 g/mol. The molecule has 1 fully saturated rings. The molecule has 166 valence electrons. The van der Waals surface area contributed by atoms with Crippen LogP contribution in [-0.2, 0) is 9.53 Å². The van der Waals surface area contributed by atoms with Crippen LogP contribution in [0.3, 0.4) is 0 Å². The van der Waals surface area contributed by atoms with Gasteiger partial charge in [-0.05, 0) is 37.5 Å². The summed E-state index contributed by atoms with van der Waals surface area (Å²) >= 11 is 0. The Bertz CT molecular complexity index is 1000. The Morgan fingerprint density at radius 2 is 1.94 bits per heavy atom. The molecule has 31 heavy (non-hydrogen) atoms. The number of alkyl halides is 3.